The van der Waals surface area contributed by atoms with Gasteiger partial charge in [0.15, 0.2) is 0 Å². The van der Waals surface area contributed by atoms with Crippen LogP contribution in [0.15, 0.2) is 34.9 Å². The van der Waals surface area contributed by atoms with Gasteiger partial charge < -0.3 is 9.52 Å². The fourth-order valence-electron chi connectivity index (χ4n) is 3.41. The molecule has 1 aromatic carbocycles. The fraction of sp³-hybridized carbons (Fsp3) is 0.474. The van der Waals surface area contributed by atoms with Gasteiger partial charge in [0, 0.05) is 24.7 Å². The van der Waals surface area contributed by atoms with Crippen molar-refractivity contribution in [2.75, 3.05) is 26.7 Å². The van der Waals surface area contributed by atoms with Crippen molar-refractivity contribution in [2.24, 2.45) is 0 Å². The Balaban J connectivity index is 1.56. The van der Waals surface area contributed by atoms with E-state index in [-0.39, 0.29) is 12.4 Å². The van der Waals surface area contributed by atoms with Crippen molar-refractivity contribution in [1.82, 2.24) is 14.8 Å². The molecule has 7 heteroatoms. The largest absolute Gasteiger partial charge is 0.480 e. The van der Waals surface area contributed by atoms with Gasteiger partial charge in [-0.2, -0.15) is 0 Å². The van der Waals surface area contributed by atoms with E-state index in [0.717, 1.165) is 43.6 Å². The minimum absolute atomic E-state index is 0.0784. The third kappa shape index (κ3) is 4.89. The molecule has 1 N–H and O–H groups in total. The van der Waals surface area contributed by atoms with Gasteiger partial charge in [-0.25, -0.2) is 9.37 Å². The maximum absolute atomic E-state index is 13.0. The molecule has 0 saturated carbocycles. The van der Waals surface area contributed by atoms with Crippen molar-refractivity contribution in [3.05, 3.63) is 42.0 Å². The number of carbonyl (C=O) groups is 1. The van der Waals surface area contributed by atoms with Gasteiger partial charge in [-0.3, -0.25) is 14.6 Å². The minimum atomic E-state index is -0.787. The van der Waals surface area contributed by atoms with E-state index in [0.29, 0.717) is 18.5 Å². The number of carboxylic acid groups (broad SMARTS) is 1. The van der Waals surface area contributed by atoms with Crippen LogP contribution in [-0.2, 0) is 11.3 Å². The van der Waals surface area contributed by atoms with Crippen molar-refractivity contribution in [2.45, 2.75) is 31.8 Å². The predicted molar refractivity (Wildman–Crippen MR) is 95.1 cm³/mol. The number of benzene rings is 1. The van der Waals surface area contributed by atoms with Crippen LogP contribution in [0.3, 0.4) is 0 Å². The molecule has 140 valence electrons. The van der Waals surface area contributed by atoms with Crippen LogP contribution in [0.1, 0.15) is 25.0 Å². The SMILES string of the molecule is CN(CC(=O)O)C1CCCN(Cc2coc(-c3ccc(F)cc3)n2)CC1. The molecule has 1 fully saturated rings. The lowest BCUT2D eigenvalue weighted by Crippen LogP contribution is -2.36. The number of likely N-dealkylation sites (tertiary alicyclic amines) is 1. The Bertz CT molecular complexity index is 732. The molecule has 1 unspecified atom stereocenters. The van der Waals surface area contributed by atoms with Crippen molar-refractivity contribution in [1.29, 1.82) is 0 Å². The molecule has 2 heterocycles. The lowest BCUT2D eigenvalue weighted by Gasteiger charge is -2.25. The Kier molecular flexibility index (Phi) is 6.00. The molecule has 3 rings (SSSR count). The minimum Gasteiger partial charge on any atom is -0.480 e. The zero-order valence-electron chi connectivity index (χ0n) is 14.9. The lowest BCUT2D eigenvalue weighted by molar-refractivity contribution is -0.138. The molecular formula is C19H24FN3O3. The molecule has 0 bridgehead atoms. The Labute approximate surface area is 152 Å². The number of rotatable bonds is 6. The summed E-state index contributed by atoms with van der Waals surface area (Å²) in [6.45, 7) is 2.62. The number of aliphatic carboxylic acids is 1. The maximum atomic E-state index is 13.0. The van der Waals surface area contributed by atoms with E-state index in [4.69, 9.17) is 9.52 Å². The summed E-state index contributed by atoms with van der Waals surface area (Å²) in [5.41, 5.74) is 1.60. The maximum Gasteiger partial charge on any atom is 0.317 e. The number of aromatic nitrogens is 1. The molecule has 1 aliphatic rings. The summed E-state index contributed by atoms with van der Waals surface area (Å²) < 4.78 is 18.6. The van der Waals surface area contributed by atoms with Gasteiger partial charge >= 0.3 is 5.97 Å². The highest BCUT2D eigenvalue weighted by Crippen LogP contribution is 2.21. The predicted octanol–water partition coefficient (Wildman–Crippen LogP) is 2.85. The first-order valence-electron chi connectivity index (χ1n) is 8.86. The topological polar surface area (TPSA) is 69.8 Å². The number of halogens is 1. The van der Waals surface area contributed by atoms with E-state index >= 15 is 0 Å². The Morgan fingerprint density at radius 3 is 2.85 bits per heavy atom. The summed E-state index contributed by atoms with van der Waals surface area (Å²) in [5.74, 6) is -0.578. The van der Waals surface area contributed by atoms with Gasteiger partial charge in [0.1, 0.15) is 12.1 Å². The second-order valence-corrected chi connectivity index (χ2v) is 6.82. The molecule has 26 heavy (non-hydrogen) atoms. The summed E-state index contributed by atoms with van der Waals surface area (Å²) in [4.78, 5) is 19.6. The molecule has 0 spiro atoms. The van der Waals surface area contributed by atoms with Crippen LogP contribution in [0.4, 0.5) is 4.39 Å². The first-order chi connectivity index (χ1) is 12.5. The summed E-state index contributed by atoms with van der Waals surface area (Å²) in [7, 11) is 1.88. The highest BCUT2D eigenvalue weighted by Gasteiger charge is 2.22. The van der Waals surface area contributed by atoms with Gasteiger partial charge in [-0.05, 0) is 57.1 Å². The van der Waals surface area contributed by atoms with Gasteiger partial charge in [0.05, 0.1) is 12.2 Å². The zero-order valence-corrected chi connectivity index (χ0v) is 14.9. The van der Waals surface area contributed by atoms with Gasteiger partial charge in [0.2, 0.25) is 5.89 Å². The van der Waals surface area contributed by atoms with Crippen LogP contribution in [0.25, 0.3) is 11.5 Å². The molecule has 0 amide bonds. The number of hydrogen-bond donors (Lipinski definition) is 1. The Morgan fingerprint density at radius 1 is 1.35 bits per heavy atom. The zero-order chi connectivity index (χ0) is 18.5. The standard InChI is InChI=1S/C19H24FN3O3/c1-22(12-18(24)25)17-3-2-9-23(10-8-17)11-16-13-26-19(21-16)14-4-6-15(20)7-5-14/h4-7,13,17H,2-3,8-12H2,1H3,(H,24,25). The van der Waals surface area contributed by atoms with Crippen LogP contribution in [0.2, 0.25) is 0 Å². The molecule has 1 atom stereocenters. The van der Waals surface area contributed by atoms with E-state index in [1.54, 1.807) is 18.4 Å². The van der Waals surface area contributed by atoms with Crippen molar-refractivity contribution < 1.29 is 18.7 Å². The summed E-state index contributed by atoms with van der Waals surface area (Å²) >= 11 is 0. The highest BCUT2D eigenvalue weighted by atomic mass is 19.1. The van der Waals surface area contributed by atoms with Gasteiger partial charge in [-0.1, -0.05) is 0 Å². The molecule has 1 aliphatic heterocycles. The molecule has 0 aliphatic carbocycles. The second-order valence-electron chi connectivity index (χ2n) is 6.82. The number of oxazole rings is 1. The number of likely N-dealkylation sites (N-methyl/N-ethyl adjacent to an activating group) is 1. The van der Waals surface area contributed by atoms with Crippen molar-refractivity contribution in [3.8, 4) is 11.5 Å². The lowest BCUT2D eigenvalue weighted by atomic mass is 10.1. The summed E-state index contributed by atoms with van der Waals surface area (Å²) in [5, 5.41) is 8.95. The quantitative estimate of drug-likeness (QED) is 0.853. The molecule has 1 aromatic heterocycles. The third-order valence-electron chi connectivity index (χ3n) is 4.83. The molecule has 0 radical (unpaired) electrons. The number of carboxylic acids is 1. The average molecular weight is 361 g/mol. The Morgan fingerprint density at radius 2 is 2.12 bits per heavy atom. The summed E-state index contributed by atoms with van der Waals surface area (Å²) in [6, 6.07) is 6.38. The molecule has 2 aromatic rings. The average Bonchev–Trinajstić information content (AvgIpc) is 2.93. The monoisotopic (exact) mass is 361 g/mol. The van der Waals surface area contributed by atoms with Crippen LogP contribution in [-0.4, -0.2) is 58.6 Å². The summed E-state index contributed by atoms with van der Waals surface area (Å²) in [6.07, 6.45) is 4.61. The highest BCUT2D eigenvalue weighted by molar-refractivity contribution is 5.69. The van der Waals surface area contributed by atoms with E-state index in [9.17, 15) is 9.18 Å². The van der Waals surface area contributed by atoms with Crippen molar-refractivity contribution in [3.63, 3.8) is 0 Å². The molecule has 1 saturated heterocycles. The second kappa shape index (κ2) is 8.42. The number of hydrogen-bond acceptors (Lipinski definition) is 5. The van der Waals surface area contributed by atoms with E-state index in [1.807, 2.05) is 11.9 Å². The van der Waals surface area contributed by atoms with Crippen LogP contribution in [0, 0.1) is 5.82 Å². The number of nitrogens with zero attached hydrogens (tertiary/aromatic N) is 3. The fourth-order valence-corrected chi connectivity index (χ4v) is 3.41. The van der Waals surface area contributed by atoms with Crippen LogP contribution in [0.5, 0.6) is 0 Å². The smallest absolute Gasteiger partial charge is 0.317 e. The van der Waals surface area contributed by atoms with Gasteiger partial charge in [0.25, 0.3) is 0 Å². The van der Waals surface area contributed by atoms with E-state index in [1.165, 1.54) is 12.1 Å². The normalized spacial score (nSPS) is 18.8. The van der Waals surface area contributed by atoms with E-state index < -0.39 is 5.97 Å². The van der Waals surface area contributed by atoms with E-state index in [2.05, 4.69) is 9.88 Å². The Hall–Kier alpha value is -2.25. The molecular weight excluding hydrogens is 337 g/mol. The first kappa shape index (κ1) is 18.5. The van der Waals surface area contributed by atoms with Crippen LogP contribution < -0.4 is 0 Å². The van der Waals surface area contributed by atoms with Crippen molar-refractivity contribution >= 4 is 5.97 Å². The first-order valence-corrected chi connectivity index (χ1v) is 8.86. The molecule has 6 nitrogen and oxygen atoms in total. The third-order valence-corrected chi connectivity index (χ3v) is 4.83. The van der Waals surface area contributed by atoms with Crippen LogP contribution >= 0.6 is 0 Å². The van der Waals surface area contributed by atoms with Gasteiger partial charge in [-0.15, -0.1) is 0 Å².